The fourth-order valence-electron chi connectivity index (χ4n) is 4.27. The van der Waals surface area contributed by atoms with Crippen molar-refractivity contribution in [2.75, 3.05) is 50.6 Å². The normalized spacial score (nSPS) is 13.4. The van der Waals surface area contributed by atoms with Crippen LogP contribution in [0, 0.1) is 0 Å². The van der Waals surface area contributed by atoms with Crippen LogP contribution < -0.4 is 19.7 Å². The number of pyridine rings is 1. The molecule has 0 unspecified atom stereocenters. The molecule has 1 saturated heterocycles. The van der Waals surface area contributed by atoms with Gasteiger partial charge in [0.25, 0.3) is 5.91 Å². The highest BCUT2D eigenvalue weighted by molar-refractivity contribution is 5.94. The Balaban J connectivity index is 1.27. The third-order valence-corrected chi connectivity index (χ3v) is 6.25. The molecule has 1 N–H and O–H groups in total. The monoisotopic (exact) mass is 500 g/mol. The van der Waals surface area contributed by atoms with Crippen molar-refractivity contribution in [1.82, 2.24) is 29.6 Å². The van der Waals surface area contributed by atoms with Gasteiger partial charge in [0.05, 0.1) is 19.9 Å². The number of carbonyl (C=O) groups excluding carboxylic acids is 1. The third-order valence-electron chi connectivity index (χ3n) is 6.25. The highest BCUT2D eigenvalue weighted by Gasteiger charge is 2.26. The Morgan fingerprint density at radius 2 is 1.76 bits per heavy atom. The van der Waals surface area contributed by atoms with Gasteiger partial charge >= 0.3 is 0 Å². The second-order valence-electron chi connectivity index (χ2n) is 8.49. The second-order valence-corrected chi connectivity index (χ2v) is 8.49. The molecule has 0 saturated carbocycles. The number of hydrogen-bond acceptors (Lipinski definition) is 9. The molecule has 0 aliphatic carbocycles. The Morgan fingerprint density at radius 1 is 0.919 bits per heavy atom. The first-order valence-corrected chi connectivity index (χ1v) is 11.9. The van der Waals surface area contributed by atoms with Crippen LogP contribution in [-0.4, -0.2) is 75.9 Å². The molecule has 190 valence electrons. The zero-order valence-electron chi connectivity index (χ0n) is 21.0. The Labute approximate surface area is 214 Å². The number of aryl methyl sites for hydroxylation is 1. The van der Waals surface area contributed by atoms with Crippen molar-refractivity contribution < 1.29 is 14.3 Å². The van der Waals surface area contributed by atoms with Crippen molar-refractivity contribution in [3.05, 3.63) is 66.7 Å². The molecule has 3 aromatic heterocycles. The van der Waals surface area contributed by atoms with E-state index in [1.807, 2.05) is 47.4 Å². The Kier molecular flexibility index (Phi) is 6.84. The van der Waals surface area contributed by atoms with E-state index in [0.717, 1.165) is 11.4 Å². The number of nitrogens with zero attached hydrogens (tertiary/aromatic N) is 7. The van der Waals surface area contributed by atoms with Gasteiger partial charge in [0, 0.05) is 51.1 Å². The van der Waals surface area contributed by atoms with Crippen molar-refractivity contribution in [1.29, 1.82) is 0 Å². The van der Waals surface area contributed by atoms with Crippen LogP contribution in [0.15, 0.2) is 61.1 Å². The number of methoxy groups -OCH3 is 2. The van der Waals surface area contributed by atoms with E-state index >= 15 is 0 Å². The zero-order chi connectivity index (χ0) is 25.8. The van der Waals surface area contributed by atoms with Gasteiger partial charge in [-0.3, -0.25) is 9.48 Å². The van der Waals surface area contributed by atoms with Crippen LogP contribution in [0.25, 0.3) is 11.3 Å². The van der Waals surface area contributed by atoms with Crippen LogP contribution in [0.1, 0.15) is 10.5 Å². The van der Waals surface area contributed by atoms with E-state index in [0.29, 0.717) is 60.7 Å². The van der Waals surface area contributed by atoms with Gasteiger partial charge in [-0.2, -0.15) is 5.10 Å². The van der Waals surface area contributed by atoms with Crippen LogP contribution in [0.2, 0.25) is 0 Å². The summed E-state index contributed by atoms with van der Waals surface area (Å²) >= 11 is 0. The summed E-state index contributed by atoms with van der Waals surface area (Å²) in [6, 6.07) is 14.8. The largest absolute Gasteiger partial charge is 0.497 e. The number of carbonyl (C=O) groups is 1. The highest BCUT2D eigenvalue weighted by Crippen LogP contribution is 2.33. The lowest BCUT2D eigenvalue weighted by Crippen LogP contribution is -2.49. The fraction of sp³-hybridized carbons (Fsp3) is 0.269. The third kappa shape index (κ3) is 5.15. The predicted octanol–water partition coefficient (Wildman–Crippen LogP) is 3.00. The molecule has 37 heavy (non-hydrogen) atoms. The molecule has 1 fully saturated rings. The molecule has 4 heterocycles. The van der Waals surface area contributed by atoms with Crippen LogP contribution in [0.5, 0.6) is 11.5 Å². The van der Waals surface area contributed by atoms with Gasteiger partial charge < -0.3 is 24.6 Å². The van der Waals surface area contributed by atoms with E-state index in [2.05, 4.69) is 30.3 Å². The van der Waals surface area contributed by atoms with Crippen molar-refractivity contribution in [2.45, 2.75) is 0 Å². The van der Waals surface area contributed by atoms with Crippen LogP contribution in [0.3, 0.4) is 0 Å². The first-order valence-electron chi connectivity index (χ1n) is 11.9. The minimum absolute atomic E-state index is 0.0667. The van der Waals surface area contributed by atoms with Crippen molar-refractivity contribution in [3.63, 3.8) is 0 Å². The predicted molar refractivity (Wildman–Crippen MR) is 139 cm³/mol. The molecule has 11 heteroatoms. The summed E-state index contributed by atoms with van der Waals surface area (Å²) in [5, 5.41) is 7.77. The molecule has 11 nitrogen and oxygen atoms in total. The number of piperazine rings is 1. The number of ether oxygens (including phenoxy) is 2. The lowest BCUT2D eigenvalue weighted by Gasteiger charge is -2.35. The van der Waals surface area contributed by atoms with E-state index in [1.165, 1.54) is 6.33 Å². The molecule has 1 aromatic carbocycles. The Hall–Kier alpha value is -4.67. The average Bonchev–Trinajstić information content (AvgIpc) is 3.34. The zero-order valence-corrected chi connectivity index (χ0v) is 21.0. The summed E-state index contributed by atoms with van der Waals surface area (Å²) in [5.74, 6) is 3.46. The maximum Gasteiger partial charge on any atom is 0.272 e. The first-order chi connectivity index (χ1) is 18.1. The number of aromatic nitrogens is 5. The molecular formula is C26H28N8O3. The minimum Gasteiger partial charge on any atom is -0.497 e. The number of benzene rings is 1. The average molecular weight is 501 g/mol. The quantitative estimate of drug-likeness (QED) is 0.409. The number of anilines is 3. The molecule has 0 bridgehead atoms. The summed E-state index contributed by atoms with van der Waals surface area (Å²) in [7, 11) is 4.99. The fourth-order valence-corrected chi connectivity index (χ4v) is 4.27. The lowest BCUT2D eigenvalue weighted by molar-refractivity contribution is 0.0735. The Morgan fingerprint density at radius 3 is 2.49 bits per heavy atom. The molecule has 0 spiro atoms. The number of nitrogens with one attached hydrogen (secondary N) is 1. The molecule has 4 aromatic rings. The van der Waals surface area contributed by atoms with E-state index in [9.17, 15) is 4.79 Å². The maximum absolute atomic E-state index is 13.4. The molecule has 1 aliphatic rings. The van der Waals surface area contributed by atoms with Crippen LogP contribution in [0.4, 0.5) is 17.5 Å². The first kappa shape index (κ1) is 24.0. The molecule has 5 rings (SSSR count). The molecule has 0 atom stereocenters. The summed E-state index contributed by atoms with van der Waals surface area (Å²) in [6.07, 6.45) is 3.25. The molecule has 1 amide bonds. The van der Waals surface area contributed by atoms with E-state index in [-0.39, 0.29) is 5.91 Å². The van der Waals surface area contributed by atoms with E-state index in [4.69, 9.17) is 9.47 Å². The number of amides is 1. The lowest BCUT2D eigenvalue weighted by atomic mass is 10.1. The van der Waals surface area contributed by atoms with Gasteiger partial charge in [0.2, 0.25) is 0 Å². The van der Waals surface area contributed by atoms with Gasteiger partial charge in [0.15, 0.2) is 0 Å². The second kappa shape index (κ2) is 10.5. The topological polar surface area (TPSA) is 111 Å². The summed E-state index contributed by atoms with van der Waals surface area (Å²) in [5.41, 5.74) is 1.92. The van der Waals surface area contributed by atoms with Gasteiger partial charge in [-0.15, -0.1) is 0 Å². The van der Waals surface area contributed by atoms with Gasteiger partial charge in [-0.1, -0.05) is 6.07 Å². The van der Waals surface area contributed by atoms with Crippen molar-refractivity contribution >= 4 is 23.4 Å². The molecule has 0 radical (unpaired) electrons. The minimum atomic E-state index is -0.0667. The van der Waals surface area contributed by atoms with E-state index in [1.54, 1.807) is 38.2 Å². The molecule has 1 aliphatic heterocycles. The van der Waals surface area contributed by atoms with Crippen molar-refractivity contribution in [2.24, 2.45) is 7.05 Å². The van der Waals surface area contributed by atoms with Gasteiger partial charge in [-0.25, -0.2) is 15.0 Å². The highest BCUT2D eigenvalue weighted by atomic mass is 16.5. The van der Waals surface area contributed by atoms with Gasteiger partial charge in [-0.05, 0) is 36.4 Å². The Bertz CT molecular complexity index is 1380. The van der Waals surface area contributed by atoms with Crippen LogP contribution >= 0.6 is 0 Å². The summed E-state index contributed by atoms with van der Waals surface area (Å²) < 4.78 is 12.5. The number of rotatable bonds is 7. The SMILES string of the molecule is COc1ccc(OC)c(-c2cc(C(=O)N3CCN(c4cc(Nc5ccccn5)ncn4)CC3)n(C)n2)c1. The number of hydrogen-bond donors (Lipinski definition) is 1. The summed E-state index contributed by atoms with van der Waals surface area (Å²) in [4.78, 5) is 30.4. The van der Waals surface area contributed by atoms with Crippen molar-refractivity contribution in [3.8, 4) is 22.8 Å². The smallest absolute Gasteiger partial charge is 0.272 e. The summed E-state index contributed by atoms with van der Waals surface area (Å²) in [6.45, 7) is 2.43. The van der Waals surface area contributed by atoms with Crippen LogP contribution in [-0.2, 0) is 7.05 Å². The van der Waals surface area contributed by atoms with Gasteiger partial charge in [0.1, 0.15) is 41.0 Å². The molecular weight excluding hydrogens is 472 g/mol. The maximum atomic E-state index is 13.4. The van der Waals surface area contributed by atoms with E-state index < -0.39 is 0 Å². The standard InChI is InChI=1S/C26H28N8O3/c1-32-21(15-20(31-32)19-14-18(36-2)7-8-22(19)37-3)26(35)34-12-10-33(11-13-34)25-16-24(28-17-29-25)30-23-6-4-5-9-27-23/h4-9,14-17H,10-13H2,1-3H3,(H,27,28,29,30).